The lowest BCUT2D eigenvalue weighted by Gasteiger charge is -2.15. The fraction of sp³-hybridized carbons (Fsp3) is 0.188. The molecule has 0 aliphatic carbocycles. The number of benzene rings is 2. The molecule has 0 saturated carbocycles. The van der Waals surface area contributed by atoms with Crippen molar-refractivity contribution >= 4 is 28.4 Å². The minimum Gasteiger partial charge on any atom is -0.478 e. The molecule has 0 unspecified atom stereocenters. The van der Waals surface area contributed by atoms with Crippen molar-refractivity contribution < 1.29 is 18.3 Å². The van der Waals surface area contributed by atoms with Gasteiger partial charge in [0, 0.05) is 5.56 Å². The molecular weight excluding hydrogens is 352 g/mol. The number of aryl methyl sites for hydroxylation is 1. The molecule has 8 heteroatoms. The zero-order valence-corrected chi connectivity index (χ0v) is 14.4. The number of primary sulfonamides is 1. The fourth-order valence-electron chi connectivity index (χ4n) is 2.44. The van der Waals surface area contributed by atoms with Crippen molar-refractivity contribution in [2.75, 3.05) is 6.54 Å². The molecule has 0 atom stereocenters. The van der Waals surface area contributed by atoms with Crippen molar-refractivity contribution in [3.63, 3.8) is 0 Å². The second kappa shape index (κ2) is 8.25. The maximum Gasteiger partial charge on any atom is 0.335 e. The van der Waals surface area contributed by atoms with Crippen LogP contribution in [0.4, 0.5) is 0 Å². The predicted molar refractivity (Wildman–Crippen MR) is 94.8 cm³/mol. The number of hydrogen-bond donors (Lipinski definition) is 3. The Hall–Kier alpha value is -1.93. The first-order valence-electron chi connectivity index (χ1n) is 7.03. The van der Waals surface area contributed by atoms with Crippen LogP contribution in [0.2, 0.25) is 0 Å². The molecule has 0 aromatic heterocycles. The number of rotatable bonds is 6. The van der Waals surface area contributed by atoms with Crippen molar-refractivity contribution in [3.8, 4) is 11.1 Å². The Bertz CT molecular complexity index is 823. The SMILES string of the molecule is Cl.NCCCc1cc(C(=O)O)cc(S(N)(=O)=O)c1-c1ccccc1. The van der Waals surface area contributed by atoms with E-state index in [1.165, 1.54) is 6.07 Å². The average molecular weight is 371 g/mol. The smallest absolute Gasteiger partial charge is 0.335 e. The van der Waals surface area contributed by atoms with E-state index in [0.717, 1.165) is 6.07 Å². The highest BCUT2D eigenvalue weighted by Crippen LogP contribution is 2.32. The summed E-state index contributed by atoms with van der Waals surface area (Å²) in [6.45, 7) is 0.413. The summed E-state index contributed by atoms with van der Waals surface area (Å²) < 4.78 is 24.0. The second-order valence-corrected chi connectivity index (χ2v) is 6.65. The van der Waals surface area contributed by atoms with Crippen LogP contribution in [0.1, 0.15) is 22.3 Å². The summed E-state index contributed by atoms with van der Waals surface area (Å²) in [5.41, 5.74) is 7.12. The molecule has 0 heterocycles. The number of carbonyl (C=O) groups is 1. The maximum atomic E-state index is 12.0. The van der Waals surface area contributed by atoms with Crippen LogP contribution in [0, 0.1) is 0 Å². The van der Waals surface area contributed by atoms with E-state index in [1.807, 2.05) is 6.07 Å². The second-order valence-electron chi connectivity index (χ2n) is 5.12. The number of hydrogen-bond acceptors (Lipinski definition) is 4. The normalized spacial score (nSPS) is 10.9. The molecule has 0 amide bonds. The first kappa shape index (κ1) is 20.1. The van der Waals surface area contributed by atoms with Gasteiger partial charge in [0.1, 0.15) is 0 Å². The quantitative estimate of drug-likeness (QED) is 0.717. The van der Waals surface area contributed by atoms with Crippen LogP contribution in [0.15, 0.2) is 47.4 Å². The predicted octanol–water partition coefficient (Wildman–Crippen LogP) is 2.01. The van der Waals surface area contributed by atoms with Gasteiger partial charge in [0.15, 0.2) is 0 Å². The minimum atomic E-state index is -4.08. The number of carboxylic acid groups (broad SMARTS) is 1. The molecule has 2 aromatic rings. The van der Waals surface area contributed by atoms with Crippen molar-refractivity contribution in [1.29, 1.82) is 0 Å². The van der Waals surface area contributed by atoms with Crippen LogP contribution >= 0.6 is 12.4 Å². The summed E-state index contributed by atoms with van der Waals surface area (Å²) in [4.78, 5) is 11.1. The van der Waals surface area contributed by atoms with Crippen molar-refractivity contribution in [1.82, 2.24) is 0 Å². The van der Waals surface area contributed by atoms with Gasteiger partial charge in [-0.3, -0.25) is 0 Å². The Morgan fingerprint density at radius 3 is 2.25 bits per heavy atom. The standard InChI is InChI=1S/C16H18N2O4S.ClH/c17-8-4-7-12-9-13(16(19)20)10-14(23(18,21)22)15(12)11-5-2-1-3-6-11;/h1-3,5-6,9-10H,4,7-8,17H2,(H,19,20)(H2,18,21,22);1H. The third kappa shape index (κ3) is 4.55. The van der Waals surface area contributed by atoms with E-state index >= 15 is 0 Å². The largest absolute Gasteiger partial charge is 0.478 e. The Morgan fingerprint density at radius 2 is 1.75 bits per heavy atom. The first-order chi connectivity index (χ1) is 10.8. The molecule has 0 spiro atoms. The molecular formula is C16H19ClN2O4S. The van der Waals surface area contributed by atoms with Gasteiger partial charge in [0.25, 0.3) is 0 Å². The van der Waals surface area contributed by atoms with E-state index < -0.39 is 16.0 Å². The summed E-state index contributed by atoms with van der Waals surface area (Å²) in [6, 6.07) is 11.5. The molecule has 130 valence electrons. The molecule has 0 fully saturated rings. The van der Waals surface area contributed by atoms with Crippen LogP contribution in [0.3, 0.4) is 0 Å². The van der Waals surface area contributed by atoms with E-state index in [1.54, 1.807) is 24.3 Å². The topological polar surface area (TPSA) is 123 Å². The van der Waals surface area contributed by atoms with Crippen LogP contribution in [-0.4, -0.2) is 26.0 Å². The number of nitrogens with two attached hydrogens (primary N) is 2. The average Bonchev–Trinajstić information content (AvgIpc) is 2.51. The Labute approximate surface area is 146 Å². The lowest BCUT2D eigenvalue weighted by atomic mass is 9.94. The first-order valence-corrected chi connectivity index (χ1v) is 8.57. The van der Waals surface area contributed by atoms with Gasteiger partial charge in [-0.15, -0.1) is 12.4 Å². The minimum absolute atomic E-state index is 0. The number of sulfonamides is 1. The van der Waals surface area contributed by atoms with Crippen molar-refractivity contribution in [2.24, 2.45) is 10.9 Å². The molecule has 0 aliphatic heterocycles. The molecule has 2 rings (SSSR count). The molecule has 0 bridgehead atoms. The third-order valence-electron chi connectivity index (χ3n) is 3.45. The lowest BCUT2D eigenvalue weighted by Crippen LogP contribution is -2.16. The maximum absolute atomic E-state index is 12.0. The summed E-state index contributed by atoms with van der Waals surface area (Å²) in [5.74, 6) is -1.21. The molecule has 2 aromatic carbocycles. The van der Waals surface area contributed by atoms with E-state index in [2.05, 4.69) is 0 Å². The van der Waals surface area contributed by atoms with Crippen LogP contribution in [-0.2, 0) is 16.4 Å². The molecule has 0 radical (unpaired) electrons. The molecule has 6 nitrogen and oxygen atoms in total. The van der Waals surface area contributed by atoms with Crippen molar-refractivity contribution in [3.05, 3.63) is 53.6 Å². The summed E-state index contributed by atoms with van der Waals surface area (Å²) in [6.07, 6.45) is 1.07. The highest BCUT2D eigenvalue weighted by molar-refractivity contribution is 7.89. The third-order valence-corrected chi connectivity index (χ3v) is 4.39. The zero-order chi connectivity index (χ0) is 17.0. The molecule has 0 saturated heterocycles. The Kier molecular flexibility index (Phi) is 6.92. The van der Waals surface area contributed by atoms with Gasteiger partial charge in [-0.25, -0.2) is 18.4 Å². The van der Waals surface area contributed by atoms with Crippen LogP contribution in [0.5, 0.6) is 0 Å². The highest BCUT2D eigenvalue weighted by atomic mass is 35.5. The van der Waals surface area contributed by atoms with Crippen molar-refractivity contribution in [2.45, 2.75) is 17.7 Å². The number of carboxylic acids is 1. The highest BCUT2D eigenvalue weighted by Gasteiger charge is 2.22. The van der Waals surface area contributed by atoms with Crippen LogP contribution in [0.25, 0.3) is 11.1 Å². The lowest BCUT2D eigenvalue weighted by molar-refractivity contribution is 0.0696. The molecule has 0 aliphatic rings. The monoisotopic (exact) mass is 370 g/mol. The Balaban J connectivity index is 0.00000288. The van der Waals surface area contributed by atoms with E-state index in [-0.39, 0.29) is 22.9 Å². The van der Waals surface area contributed by atoms with E-state index in [4.69, 9.17) is 10.9 Å². The Morgan fingerprint density at radius 1 is 1.12 bits per heavy atom. The number of halogens is 1. The number of aromatic carboxylic acids is 1. The summed E-state index contributed by atoms with van der Waals surface area (Å²) in [7, 11) is -4.08. The van der Waals surface area contributed by atoms with E-state index in [9.17, 15) is 18.3 Å². The fourth-order valence-corrected chi connectivity index (χ4v) is 3.27. The van der Waals surface area contributed by atoms with Gasteiger partial charge in [0.2, 0.25) is 10.0 Å². The van der Waals surface area contributed by atoms with E-state index in [0.29, 0.717) is 36.1 Å². The van der Waals surface area contributed by atoms with Gasteiger partial charge in [-0.1, -0.05) is 30.3 Å². The van der Waals surface area contributed by atoms with Gasteiger partial charge in [0.05, 0.1) is 10.5 Å². The molecule has 5 N–H and O–H groups in total. The van der Waals surface area contributed by atoms with Gasteiger partial charge in [-0.05, 0) is 42.6 Å². The molecule has 24 heavy (non-hydrogen) atoms. The van der Waals surface area contributed by atoms with Gasteiger partial charge in [-0.2, -0.15) is 0 Å². The van der Waals surface area contributed by atoms with Gasteiger partial charge < -0.3 is 10.8 Å². The zero-order valence-electron chi connectivity index (χ0n) is 12.8. The van der Waals surface area contributed by atoms with Crippen LogP contribution < -0.4 is 10.9 Å². The summed E-state index contributed by atoms with van der Waals surface area (Å²) in [5, 5.41) is 14.5. The summed E-state index contributed by atoms with van der Waals surface area (Å²) >= 11 is 0. The van der Waals surface area contributed by atoms with Gasteiger partial charge >= 0.3 is 5.97 Å².